The second-order valence-electron chi connectivity index (χ2n) is 7.66. The SMILES string of the molecule is C=CCn1c(=S)n([C@@H]2O[C@H](C(O)OC(C)=O)[C@](O)(OC(C)=O)[C@]2(O)OC(C)=O)c2nc(N)[nH]c(=O)c21. The van der Waals surface area contributed by atoms with Crippen LogP contribution in [0, 0.1) is 4.77 Å². The Morgan fingerprint density at radius 2 is 1.83 bits per heavy atom. The number of aromatic amines is 1. The number of hydrogen-bond donors (Lipinski definition) is 5. The Morgan fingerprint density at radius 3 is 2.36 bits per heavy atom. The van der Waals surface area contributed by atoms with Gasteiger partial charge in [-0.15, -0.1) is 6.58 Å². The minimum atomic E-state index is -3.38. The molecule has 0 amide bonds. The van der Waals surface area contributed by atoms with Crippen molar-refractivity contribution in [1.82, 2.24) is 19.1 Å². The zero-order chi connectivity index (χ0) is 27.2. The van der Waals surface area contributed by atoms with Crippen molar-refractivity contribution in [1.29, 1.82) is 0 Å². The number of nitrogens with two attached hydrogens (primary N) is 1. The lowest BCUT2D eigenvalue weighted by Crippen LogP contribution is -2.64. The summed E-state index contributed by atoms with van der Waals surface area (Å²) >= 11 is 5.43. The van der Waals surface area contributed by atoms with E-state index in [1.807, 2.05) is 0 Å². The van der Waals surface area contributed by atoms with Gasteiger partial charge in [-0.05, 0) is 12.2 Å². The van der Waals surface area contributed by atoms with Crippen molar-refractivity contribution >= 4 is 47.2 Å². The van der Waals surface area contributed by atoms with Gasteiger partial charge >= 0.3 is 29.5 Å². The molecule has 0 saturated carbocycles. The van der Waals surface area contributed by atoms with E-state index in [1.165, 1.54) is 10.6 Å². The zero-order valence-electron chi connectivity index (χ0n) is 19.2. The number of H-pyrrole nitrogens is 1. The predicted octanol–water partition coefficient (Wildman–Crippen LogP) is -1.69. The highest BCUT2D eigenvalue weighted by molar-refractivity contribution is 7.71. The number of anilines is 1. The fourth-order valence-corrected chi connectivity index (χ4v) is 4.18. The van der Waals surface area contributed by atoms with Crippen molar-refractivity contribution in [2.24, 2.45) is 0 Å². The number of aromatic nitrogens is 4. The van der Waals surface area contributed by atoms with Crippen LogP contribution in [0.2, 0.25) is 0 Å². The van der Waals surface area contributed by atoms with E-state index in [2.05, 4.69) is 21.3 Å². The summed E-state index contributed by atoms with van der Waals surface area (Å²) in [7, 11) is 0. The van der Waals surface area contributed by atoms with Gasteiger partial charge in [-0.3, -0.25) is 28.7 Å². The Kier molecular flexibility index (Phi) is 7.06. The quantitative estimate of drug-likeness (QED) is 0.0885. The molecule has 3 heterocycles. The van der Waals surface area contributed by atoms with Crippen LogP contribution in [0.3, 0.4) is 0 Å². The van der Waals surface area contributed by atoms with Gasteiger partial charge in [-0.2, -0.15) is 4.98 Å². The number of nitrogens with zero attached hydrogens (tertiary/aromatic N) is 3. The number of nitrogen functional groups attached to an aromatic ring is 1. The standard InChI is InChI=1S/C19H23N5O11S/c1-5-6-23-10-12(21-16(20)22-13(10)28)24(17(23)36)15-19(31,35-9(4)27)18(30,34-8(3)26)11(33-15)14(29)32-7(2)25/h5,11,14-15,29-31H,1,6H2,2-4H3,(H3,20,21,22,28)/t11-,14?,15-,18+,19-/m1/s1. The number of esters is 3. The van der Waals surface area contributed by atoms with Gasteiger partial charge in [0.25, 0.3) is 5.56 Å². The van der Waals surface area contributed by atoms with Gasteiger partial charge in [0.05, 0.1) is 0 Å². The van der Waals surface area contributed by atoms with E-state index in [1.54, 1.807) is 0 Å². The highest BCUT2D eigenvalue weighted by Gasteiger charge is 2.75. The first kappa shape index (κ1) is 27.0. The van der Waals surface area contributed by atoms with Gasteiger partial charge in [-0.1, -0.05) is 6.08 Å². The van der Waals surface area contributed by atoms with Crippen LogP contribution < -0.4 is 11.3 Å². The summed E-state index contributed by atoms with van der Waals surface area (Å²) in [6.45, 7) is 6.12. The third-order valence-electron chi connectivity index (χ3n) is 5.03. The maximum absolute atomic E-state index is 12.7. The van der Waals surface area contributed by atoms with Crippen LogP contribution in [0.15, 0.2) is 17.4 Å². The summed E-state index contributed by atoms with van der Waals surface area (Å²) < 4.78 is 21.8. The molecule has 16 nitrogen and oxygen atoms in total. The predicted molar refractivity (Wildman–Crippen MR) is 119 cm³/mol. The van der Waals surface area contributed by atoms with Crippen LogP contribution >= 0.6 is 12.2 Å². The van der Waals surface area contributed by atoms with Crippen molar-refractivity contribution in [3.05, 3.63) is 27.8 Å². The number of ether oxygens (including phenoxy) is 4. The van der Waals surface area contributed by atoms with Crippen LogP contribution in [0.5, 0.6) is 0 Å². The Morgan fingerprint density at radius 1 is 1.25 bits per heavy atom. The molecule has 1 unspecified atom stereocenters. The molecule has 0 aromatic carbocycles. The smallest absolute Gasteiger partial charge is 0.326 e. The van der Waals surface area contributed by atoms with E-state index in [9.17, 15) is 34.5 Å². The molecule has 0 spiro atoms. The Balaban J connectivity index is 2.40. The number of carbonyl (C=O) groups is 3. The fraction of sp³-hybridized carbons (Fsp3) is 0.474. The molecule has 5 atom stereocenters. The van der Waals surface area contributed by atoms with Crippen LogP contribution in [0.1, 0.15) is 27.0 Å². The molecule has 0 aliphatic carbocycles. The van der Waals surface area contributed by atoms with Gasteiger partial charge in [0, 0.05) is 27.3 Å². The van der Waals surface area contributed by atoms with Crippen molar-refractivity contribution in [2.45, 2.75) is 57.5 Å². The molecule has 2 aromatic heterocycles. The van der Waals surface area contributed by atoms with Crippen LogP contribution in [-0.4, -0.2) is 76.3 Å². The van der Waals surface area contributed by atoms with Crippen molar-refractivity contribution in [3.8, 4) is 0 Å². The second kappa shape index (κ2) is 9.43. The van der Waals surface area contributed by atoms with Crippen LogP contribution in [0.4, 0.5) is 5.95 Å². The molecule has 196 valence electrons. The molecule has 1 saturated heterocycles. The number of hydrogen-bond acceptors (Lipinski definition) is 14. The average Bonchev–Trinajstić information content (AvgIpc) is 3.09. The summed E-state index contributed by atoms with van der Waals surface area (Å²) in [6, 6.07) is 0. The number of aliphatic hydroxyl groups is 3. The second-order valence-corrected chi connectivity index (χ2v) is 8.03. The lowest BCUT2D eigenvalue weighted by atomic mass is 10.0. The van der Waals surface area contributed by atoms with E-state index < -0.39 is 53.7 Å². The highest BCUT2D eigenvalue weighted by atomic mass is 32.1. The van der Waals surface area contributed by atoms with Crippen LogP contribution in [0.25, 0.3) is 11.2 Å². The molecule has 0 bridgehead atoms. The molecule has 17 heteroatoms. The lowest BCUT2D eigenvalue weighted by Gasteiger charge is -2.38. The first-order valence-electron chi connectivity index (χ1n) is 10.1. The molecule has 6 N–H and O–H groups in total. The maximum Gasteiger partial charge on any atom is 0.326 e. The normalized spacial score (nSPS) is 26.4. The lowest BCUT2D eigenvalue weighted by molar-refractivity contribution is -0.366. The minimum absolute atomic E-state index is 0.0521. The zero-order valence-corrected chi connectivity index (χ0v) is 20.0. The van der Waals surface area contributed by atoms with Crippen molar-refractivity contribution < 1.29 is 48.7 Å². The van der Waals surface area contributed by atoms with Gasteiger partial charge in [-0.25, -0.2) is 0 Å². The molecule has 1 aliphatic heterocycles. The Hall–Kier alpha value is -3.64. The molecule has 1 fully saturated rings. The monoisotopic (exact) mass is 529 g/mol. The van der Waals surface area contributed by atoms with Gasteiger partial charge in [0.15, 0.2) is 22.0 Å². The minimum Gasteiger partial charge on any atom is -0.433 e. The number of carbonyl (C=O) groups excluding carboxylic acids is 3. The van der Waals surface area contributed by atoms with E-state index >= 15 is 0 Å². The molecule has 3 rings (SSSR count). The molecule has 1 aliphatic rings. The molecule has 0 radical (unpaired) electrons. The van der Waals surface area contributed by atoms with Gasteiger partial charge in [0.2, 0.25) is 18.5 Å². The molecular formula is C19H23N5O11S. The third kappa shape index (κ3) is 4.26. The largest absolute Gasteiger partial charge is 0.433 e. The Bertz CT molecular complexity index is 1370. The van der Waals surface area contributed by atoms with E-state index in [4.69, 9.17) is 32.2 Å². The van der Waals surface area contributed by atoms with Crippen LogP contribution in [-0.2, 0) is 39.9 Å². The Labute approximate surface area is 206 Å². The molecular weight excluding hydrogens is 506 g/mol. The number of allylic oxidation sites excluding steroid dienone is 1. The average molecular weight is 529 g/mol. The maximum atomic E-state index is 12.7. The molecule has 36 heavy (non-hydrogen) atoms. The third-order valence-corrected chi connectivity index (χ3v) is 5.45. The molecule has 2 aromatic rings. The van der Waals surface area contributed by atoms with E-state index in [0.29, 0.717) is 0 Å². The first-order chi connectivity index (χ1) is 16.7. The van der Waals surface area contributed by atoms with Crippen molar-refractivity contribution in [2.75, 3.05) is 5.73 Å². The van der Waals surface area contributed by atoms with E-state index in [-0.39, 0.29) is 28.4 Å². The first-order valence-corrected chi connectivity index (χ1v) is 10.5. The summed E-state index contributed by atoms with van der Waals surface area (Å²) in [5.41, 5.74) is 4.42. The van der Waals surface area contributed by atoms with E-state index in [0.717, 1.165) is 25.3 Å². The van der Waals surface area contributed by atoms with Gasteiger partial charge < -0.3 is 44.6 Å². The summed E-state index contributed by atoms with van der Waals surface area (Å²) in [4.78, 5) is 54.3. The van der Waals surface area contributed by atoms with Gasteiger partial charge in [0.1, 0.15) is 0 Å². The van der Waals surface area contributed by atoms with Crippen molar-refractivity contribution in [3.63, 3.8) is 0 Å². The number of imidazole rings is 1. The fourth-order valence-electron chi connectivity index (χ4n) is 3.83. The number of aliphatic hydroxyl groups excluding tert-OH is 1. The summed E-state index contributed by atoms with van der Waals surface area (Å²) in [5.74, 6) is -10.6. The summed E-state index contributed by atoms with van der Waals surface area (Å²) in [5, 5.41) is 33.4. The topological polar surface area (TPSA) is 230 Å². The number of fused-ring (bicyclic) bond motifs is 1. The number of rotatable bonds is 7. The highest BCUT2D eigenvalue weighted by Crippen LogP contribution is 2.49. The number of nitrogens with one attached hydrogen (secondary N) is 1. The summed E-state index contributed by atoms with van der Waals surface area (Å²) in [6.07, 6.45) is -5.39.